The second-order valence-electron chi connectivity index (χ2n) is 4.61. The number of aromatic nitrogens is 1. The van der Waals surface area contributed by atoms with Crippen LogP contribution >= 0.6 is 22.6 Å². The Balaban J connectivity index is 3.57. The van der Waals surface area contributed by atoms with E-state index in [0.717, 1.165) is 9.26 Å². The Hall–Kier alpha value is -0.320. The molecule has 2 nitrogen and oxygen atoms in total. The summed E-state index contributed by atoms with van der Waals surface area (Å²) in [6, 6.07) is 2.00. The van der Waals surface area contributed by atoms with Crippen LogP contribution in [0.4, 0.5) is 0 Å². The molecule has 0 radical (unpaired) electrons. The van der Waals surface area contributed by atoms with Crippen molar-refractivity contribution in [1.29, 1.82) is 0 Å². The molecule has 0 atom stereocenters. The summed E-state index contributed by atoms with van der Waals surface area (Å²) in [7, 11) is 1.83. The maximum atomic E-state index is 11.6. The van der Waals surface area contributed by atoms with E-state index in [4.69, 9.17) is 0 Å². The van der Waals surface area contributed by atoms with Crippen molar-refractivity contribution in [2.75, 3.05) is 0 Å². The van der Waals surface area contributed by atoms with E-state index in [9.17, 15) is 4.79 Å². The van der Waals surface area contributed by atoms with Crippen LogP contribution in [0.3, 0.4) is 0 Å². The highest BCUT2D eigenvalue weighted by Crippen LogP contribution is 2.25. The van der Waals surface area contributed by atoms with Gasteiger partial charge in [-0.1, -0.05) is 20.8 Å². The summed E-state index contributed by atoms with van der Waals surface area (Å²) in [5, 5.41) is 0. The first-order chi connectivity index (χ1) is 6.25. The van der Waals surface area contributed by atoms with Gasteiger partial charge >= 0.3 is 0 Å². The fraction of sp³-hybridized carbons (Fsp3) is 0.545. The van der Waals surface area contributed by atoms with Crippen LogP contribution in [0.25, 0.3) is 0 Å². The smallest absolute Gasteiger partial charge is 0.263 e. The zero-order valence-corrected chi connectivity index (χ0v) is 11.5. The Kier molecular flexibility index (Phi) is 3.09. The lowest BCUT2D eigenvalue weighted by molar-refractivity contribution is 0.571. The molecule has 3 heteroatoms. The Morgan fingerprint density at radius 3 is 2.29 bits per heavy atom. The molecular weight excluding hydrogens is 289 g/mol. The molecule has 0 spiro atoms. The minimum Gasteiger partial charge on any atom is -0.315 e. The summed E-state index contributed by atoms with van der Waals surface area (Å²) >= 11 is 2.10. The minimum atomic E-state index is 0.0927. The molecule has 0 saturated carbocycles. The highest BCUT2D eigenvalue weighted by atomic mass is 127. The Morgan fingerprint density at radius 2 is 1.86 bits per heavy atom. The average Bonchev–Trinajstić information content (AvgIpc) is 2.06. The van der Waals surface area contributed by atoms with Crippen LogP contribution in [0.1, 0.15) is 32.0 Å². The van der Waals surface area contributed by atoms with Gasteiger partial charge in [0.05, 0.1) is 3.57 Å². The SMILES string of the molecule is Cc1c(C(C)(C)C)cc(I)c(=O)n1C. The van der Waals surface area contributed by atoms with Gasteiger partial charge in [-0.05, 0) is 46.6 Å². The molecule has 0 aromatic carbocycles. The topological polar surface area (TPSA) is 22.0 Å². The van der Waals surface area contributed by atoms with Crippen molar-refractivity contribution >= 4 is 22.6 Å². The first kappa shape index (κ1) is 11.8. The molecule has 1 aromatic rings. The highest BCUT2D eigenvalue weighted by Gasteiger charge is 2.19. The molecule has 0 amide bonds. The third-order valence-corrected chi connectivity index (χ3v) is 3.25. The second-order valence-corrected chi connectivity index (χ2v) is 5.77. The molecule has 0 N–H and O–H groups in total. The molecular formula is C11H16INO. The molecule has 1 aromatic heterocycles. The van der Waals surface area contributed by atoms with Gasteiger partial charge in [0.2, 0.25) is 0 Å². The van der Waals surface area contributed by atoms with Crippen LogP contribution in [-0.2, 0) is 12.5 Å². The van der Waals surface area contributed by atoms with Gasteiger partial charge in [0, 0.05) is 12.7 Å². The first-order valence-corrected chi connectivity index (χ1v) is 5.69. The van der Waals surface area contributed by atoms with Gasteiger partial charge in [-0.2, -0.15) is 0 Å². The van der Waals surface area contributed by atoms with Gasteiger partial charge in [-0.3, -0.25) is 4.79 Å². The van der Waals surface area contributed by atoms with Crippen molar-refractivity contribution in [3.05, 3.63) is 31.2 Å². The molecule has 14 heavy (non-hydrogen) atoms. The summed E-state index contributed by atoms with van der Waals surface area (Å²) in [6.07, 6.45) is 0. The van der Waals surface area contributed by atoms with Gasteiger partial charge in [-0.15, -0.1) is 0 Å². The third-order valence-electron chi connectivity index (χ3n) is 2.48. The predicted molar refractivity (Wildman–Crippen MR) is 67.8 cm³/mol. The molecule has 0 aliphatic rings. The van der Waals surface area contributed by atoms with Gasteiger partial charge in [-0.25, -0.2) is 0 Å². The van der Waals surface area contributed by atoms with Gasteiger partial charge < -0.3 is 4.57 Å². The lowest BCUT2D eigenvalue weighted by atomic mass is 9.86. The molecule has 0 aliphatic heterocycles. The number of pyridine rings is 1. The van der Waals surface area contributed by atoms with Gasteiger partial charge in [0.25, 0.3) is 5.56 Å². The largest absolute Gasteiger partial charge is 0.315 e. The summed E-state index contributed by atoms with van der Waals surface area (Å²) in [4.78, 5) is 11.6. The summed E-state index contributed by atoms with van der Waals surface area (Å²) in [5.41, 5.74) is 2.48. The quantitative estimate of drug-likeness (QED) is 0.675. The molecule has 0 aliphatic carbocycles. The van der Waals surface area contributed by atoms with Gasteiger partial charge in [0.1, 0.15) is 0 Å². The molecule has 0 bridgehead atoms. The van der Waals surface area contributed by atoms with E-state index in [1.54, 1.807) is 4.57 Å². The monoisotopic (exact) mass is 305 g/mol. The summed E-state index contributed by atoms with van der Waals surface area (Å²) < 4.78 is 2.52. The Labute approximate surface area is 98.5 Å². The second kappa shape index (κ2) is 3.68. The lowest BCUT2D eigenvalue weighted by Crippen LogP contribution is -2.26. The van der Waals surface area contributed by atoms with Crippen LogP contribution in [0.2, 0.25) is 0 Å². The fourth-order valence-corrected chi connectivity index (χ4v) is 2.22. The Bertz CT molecular complexity index is 413. The Morgan fingerprint density at radius 1 is 1.36 bits per heavy atom. The maximum absolute atomic E-state index is 11.6. The van der Waals surface area contributed by atoms with Crippen LogP contribution in [-0.4, -0.2) is 4.57 Å². The third kappa shape index (κ3) is 2.02. The van der Waals surface area contributed by atoms with Crippen LogP contribution in [0, 0.1) is 10.5 Å². The van der Waals surface area contributed by atoms with Crippen molar-refractivity contribution in [2.24, 2.45) is 7.05 Å². The number of nitrogens with zero attached hydrogens (tertiary/aromatic N) is 1. The zero-order chi connectivity index (χ0) is 11.1. The van der Waals surface area contributed by atoms with Gasteiger partial charge in [0.15, 0.2) is 0 Å². The van der Waals surface area contributed by atoms with E-state index in [2.05, 4.69) is 43.4 Å². The highest BCUT2D eigenvalue weighted by molar-refractivity contribution is 14.1. The summed E-state index contributed by atoms with van der Waals surface area (Å²) in [5.74, 6) is 0. The van der Waals surface area contributed by atoms with Crippen molar-refractivity contribution in [3.63, 3.8) is 0 Å². The van der Waals surface area contributed by atoms with Crippen molar-refractivity contribution < 1.29 is 0 Å². The van der Waals surface area contributed by atoms with Crippen molar-refractivity contribution in [3.8, 4) is 0 Å². The van der Waals surface area contributed by atoms with E-state index < -0.39 is 0 Å². The molecule has 0 fully saturated rings. The fourth-order valence-electron chi connectivity index (χ4n) is 1.55. The zero-order valence-electron chi connectivity index (χ0n) is 9.31. The number of hydrogen-bond acceptors (Lipinski definition) is 1. The number of hydrogen-bond donors (Lipinski definition) is 0. The van der Waals surface area contributed by atoms with E-state index in [1.807, 2.05) is 20.0 Å². The number of rotatable bonds is 0. The molecule has 78 valence electrons. The van der Waals surface area contributed by atoms with E-state index in [0.29, 0.717) is 0 Å². The van der Waals surface area contributed by atoms with Crippen molar-refractivity contribution in [2.45, 2.75) is 33.1 Å². The van der Waals surface area contributed by atoms with E-state index in [-0.39, 0.29) is 11.0 Å². The molecule has 1 rings (SSSR count). The molecule has 1 heterocycles. The van der Waals surface area contributed by atoms with Crippen molar-refractivity contribution in [1.82, 2.24) is 4.57 Å². The van der Waals surface area contributed by atoms with Crippen LogP contribution < -0.4 is 5.56 Å². The summed E-state index contributed by atoms with van der Waals surface area (Å²) in [6.45, 7) is 8.49. The normalized spacial score (nSPS) is 11.9. The predicted octanol–water partition coefficient (Wildman–Crippen LogP) is 2.60. The van der Waals surface area contributed by atoms with Crippen LogP contribution in [0.5, 0.6) is 0 Å². The lowest BCUT2D eigenvalue weighted by Gasteiger charge is -2.23. The van der Waals surface area contributed by atoms with Crippen LogP contribution in [0.15, 0.2) is 10.9 Å². The maximum Gasteiger partial charge on any atom is 0.263 e. The van der Waals surface area contributed by atoms with E-state index in [1.165, 1.54) is 5.56 Å². The number of halogens is 1. The average molecular weight is 305 g/mol. The first-order valence-electron chi connectivity index (χ1n) is 4.61. The molecule has 0 saturated heterocycles. The molecule has 0 unspecified atom stereocenters. The standard InChI is InChI=1S/C11H16INO/c1-7-8(11(2,3)4)6-9(12)10(14)13(7)5/h6H,1-5H3. The minimum absolute atomic E-state index is 0.0927. The van der Waals surface area contributed by atoms with E-state index >= 15 is 0 Å².